The van der Waals surface area contributed by atoms with Crippen LogP contribution in [0.4, 0.5) is 0 Å². The van der Waals surface area contributed by atoms with E-state index >= 15 is 0 Å². The van der Waals surface area contributed by atoms with Crippen molar-refractivity contribution in [1.29, 1.82) is 0 Å². The van der Waals surface area contributed by atoms with Gasteiger partial charge < -0.3 is 24.1 Å². The molecule has 1 unspecified atom stereocenters. The number of carboxylic acids is 1. The van der Waals surface area contributed by atoms with E-state index in [9.17, 15) is 19.2 Å². The van der Waals surface area contributed by atoms with Gasteiger partial charge in [-0.3, -0.25) is 4.79 Å². The maximum Gasteiger partial charge on any atom is 0.335 e. The van der Waals surface area contributed by atoms with Crippen molar-refractivity contribution in [3.8, 4) is 11.5 Å². The summed E-state index contributed by atoms with van der Waals surface area (Å²) in [6.07, 6.45) is 4.48. The van der Waals surface area contributed by atoms with Gasteiger partial charge in [-0.15, -0.1) is 0 Å². The average molecular weight is 551 g/mol. The fraction of sp³-hybridized carbons (Fsp3) is 0.226. The lowest BCUT2D eigenvalue weighted by atomic mass is 10.1. The zero-order valence-electron chi connectivity index (χ0n) is 23.1. The molecule has 9 nitrogen and oxygen atoms in total. The Morgan fingerprint density at radius 3 is 2.10 bits per heavy atom. The van der Waals surface area contributed by atoms with E-state index in [1.807, 2.05) is 25.1 Å². The first kappa shape index (κ1) is 33.3. The number of ether oxygens (including phenoxy) is 4. The SMILES string of the molecule is C=C(C)C(=O)O.C=C(C)C(=O)OCC1CO1.C=CC(=O)Oc1ccc(C(=O)C=Cc2ccc(OC)c(C)c2)cc1. The Labute approximate surface area is 234 Å². The van der Waals surface area contributed by atoms with E-state index in [1.165, 1.54) is 13.0 Å². The molecule has 0 bridgehead atoms. The molecular weight excluding hydrogens is 516 g/mol. The van der Waals surface area contributed by atoms with E-state index in [2.05, 4.69) is 19.7 Å². The first-order valence-electron chi connectivity index (χ1n) is 12.0. The summed E-state index contributed by atoms with van der Waals surface area (Å²) >= 11 is 0. The van der Waals surface area contributed by atoms with Crippen molar-refractivity contribution in [2.24, 2.45) is 0 Å². The number of epoxide rings is 1. The third kappa shape index (κ3) is 13.2. The van der Waals surface area contributed by atoms with E-state index in [4.69, 9.17) is 24.1 Å². The fourth-order valence-electron chi connectivity index (χ4n) is 2.57. The molecule has 212 valence electrons. The number of allylic oxidation sites excluding steroid dienone is 1. The molecule has 3 rings (SSSR count). The average Bonchev–Trinajstić information content (AvgIpc) is 3.76. The van der Waals surface area contributed by atoms with E-state index in [0.717, 1.165) is 23.0 Å². The van der Waals surface area contributed by atoms with Crippen molar-refractivity contribution in [3.63, 3.8) is 0 Å². The van der Waals surface area contributed by atoms with Crippen LogP contribution in [0.3, 0.4) is 0 Å². The molecule has 9 heteroatoms. The number of benzene rings is 2. The van der Waals surface area contributed by atoms with Crippen molar-refractivity contribution in [2.45, 2.75) is 26.9 Å². The Morgan fingerprint density at radius 2 is 1.65 bits per heavy atom. The number of hydrogen-bond donors (Lipinski definition) is 1. The topological polar surface area (TPSA) is 129 Å². The van der Waals surface area contributed by atoms with Crippen LogP contribution in [0.5, 0.6) is 11.5 Å². The van der Waals surface area contributed by atoms with Gasteiger partial charge in [0.15, 0.2) is 5.78 Å². The second-order valence-electron chi connectivity index (χ2n) is 8.50. The number of esters is 2. The maximum atomic E-state index is 12.2. The summed E-state index contributed by atoms with van der Waals surface area (Å²) < 4.78 is 19.8. The van der Waals surface area contributed by atoms with Crippen molar-refractivity contribution >= 4 is 29.8 Å². The van der Waals surface area contributed by atoms with Gasteiger partial charge in [0.1, 0.15) is 24.2 Å². The molecule has 2 aromatic rings. The number of ketones is 1. The van der Waals surface area contributed by atoms with Gasteiger partial charge in [-0.1, -0.05) is 31.9 Å². The monoisotopic (exact) mass is 550 g/mol. The number of methoxy groups -OCH3 is 1. The van der Waals surface area contributed by atoms with Gasteiger partial charge in [0.25, 0.3) is 0 Å². The van der Waals surface area contributed by atoms with Crippen molar-refractivity contribution in [2.75, 3.05) is 20.3 Å². The molecule has 1 heterocycles. The second kappa shape index (κ2) is 17.0. The lowest BCUT2D eigenvalue weighted by molar-refractivity contribution is -0.139. The molecule has 2 aromatic carbocycles. The van der Waals surface area contributed by atoms with Crippen molar-refractivity contribution in [1.82, 2.24) is 0 Å². The summed E-state index contributed by atoms with van der Waals surface area (Å²) in [5, 5.41) is 7.89. The van der Waals surface area contributed by atoms with Crippen LogP contribution < -0.4 is 9.47 Å². The molecule has 0 aliphatic carbocycles. The van der Waals surface area contributed by atoms with Crippen molar-refractivity contribution < 1.29 is 43.2 Å². The Balaban J connectivity index is 0.000000409. The van der Waals surface area contributed by atoms with Crippen LogP contribution in [-0.4, -0.2) is 55.2 Å². The zero-order chi connectivity index (χ0) is 30.2. The number of carboxylic acid groups (broad SMARTS) is 1. The minimum atomic E-state index is -0.935. The van der Waals surface area contributed by atoms with E-state index < -0.39 is 11.9 Å². The number of hydrogen-bond acceptors (Lipinski definition) is 8. The van der Waals surface area contributed by atoms with Gasteiger partial charge >= 0.3 is 17.9 Å². The molecule has 0 aromatic heterocycles. The molecule has 0 spiro atoms. The van der Waals surface area contributed by atoms with Crippen LogP contribution in [0, 0.1) is 6.92 Å². The lowest BCUT2D eigenvalue weighted by Crippen LogP contribution is -2.09. The predicted molar refractivity (Wildman–Crippen MR) is 151 cm³/mol. The molecule has 0 radical (unpaired) electrons. The van der Waals surface area contributed by atoms with Gasteiger partial charge in [0.05, 0.1) is 13.7 Å². The summed E-state index contributed by atoms with van der Waals surface area (Å²) in [5.41, 5.74) is 3.03. The summed E-state index contributed by atoms with van der Waals surface area (Å²) in [6.45, 7) is 16.0. The minimum Gasteiger partial charge on any atom is -0.496 e. The van der Waals surface area contributed by atoms with Gasteiger partial charge in [-0.2, -0.15) is 0 Å². The minimum absolute atomic E-state index is 0.134. The molecule has 1 N–H and O–H groups in total. The number of carbonyl (C=O) groups excluding carboxylic acids is 3. The highest BCUT2D eigenvalue weighted by atomic mass is 16.6. The smallest absolute Gasteiger partial charge is 0.335 e. The highest BCUT2D eigenvalue weighted by molar-refractivity contribution is 6.06. The quantitative estimate of drug-likeness (QED) is 0.140. The number of carbonyl (C=O) groups is 4. The Kier molecular flexibility index (Phi) is 14.1. The first-order chi connectivity index (χ1) is 18.9. The first-order valence-corrected chi connectivity index (χ1v) is 12.0. The third-order valence-corrected chi connectivity index (χ3v) is 4.89. The van der Waals surface area contributed by atoms with Crippen LogP contribution in [-0.2, 0) is 23.9 Å². The normalized spacial score (nSPS) is 12.8. The Morgan fingerprint density at radius 1 is 1.05 bits per heavy atom. The summed E-state index contributed by atoms with van der Waals surface area (Å²) in [4.78, 5) is 43.6. The molecule has 0 saturated carbocycles. The highest BCUT2D eigenvalue weighted by Crippen LogP contribution is 2.20. The van der Waals surface area contributed by atoms with Gasteiger partial charge in [-0.05, 0) is 74.4 Å². The Bertz CT molecular complexity index is 1250. The molecule has 1 fully saturated rings. The highest BCUT2D eigenvalue weighted by Gasteiger charge is 2.24. The number of aliphatic carboxylic acids is 1. The summed E-state index contributed by atoms with van der Waals surface area (Å²) in [7, 11) is 1.62. The van der Waals surface area contributed by atoms with Crippen LogP contribution in [0.1, 0.15) is 35.3 Å². The zero-order valence-corrected chi connectivity index (χ0v) is 23.1. The molecule has 1 aliphatic rings. The third-order valence-electron chi connectivity index (χ3n) is 4.89. The summed E-state index contributed by atoms with van der Waals surface area (Å²) in [5.74, 6) is -0.770. The van der Waals surface area contributed by atoms with Crippen LogP contribution in [0.2, 0.25) is 0 Å². The van der Waals surface area contributed by atoms with E-state index in [1.54, 1.807) is 44.4 Å². The largest absolute Gasteiger partial charge is 0.496 e. The molecular formula is C31H34O9. The lowest BCUT2D eigenvalue weighted by Gasteiger charge is -2.04. The number of aryl methyl sites for hydroxylation is 1. The van der Waals surface area contributed by atoms with E-state index in [-0.39, 0.29) is 23.4 Å². The van der Waals surface area contributed by atoms with Gasteiger partial charge in [-0.25, -0.2) is 14.4 Å². The molecule has 1 atom stereocenters. The van der Waals surface area contributed by atoms with Crippen LogP contribution in [0.15, 0.2) is 85.5 Å². The van der Waals surface area contributed by atoms with Gasteiger partial charge in [0, 0.05) is 22.8 Å². The standard InChI is InChI=1S/C20H18O4.C7H10O3.C4H6O2/c1-4-20(22)24-17-9-7-16(8-10-17)18(21)11-5-15-6-12-19(23-3)14(2)13-15;1-5(2)7(8)10-4-6-3-9-6;1-3(2)4(5)6/h4-13H,1H2,2-3H3;6H,1,3-4H2,2H3;1H2,2H3,(H,5,6). The fourth-order valence-corrected chi connectivity index (χ4v) is 2.57. The van der Waals surface area contributed by atoms with Gasteiger partial charge in [0.2, 0.25) is 0 Å². The predicted octanol–water partition coefficient (Wildman–Crippen LogP) is 5.14. The summed E-state index contributed by atoms with van der Waals surface area (Å²) in [6, 6.07) is 12.0. The Hall–Kier alpha value is -4.76. The van der Waals surface area contributed by atoms with E-state index in [0.29, 0.717) is 30.1 Å². The van der Waals surface area contributed by atoms with Crippen molar-refractivity contribution in [3.05, 3.63) is 102 Å². The molecule has 1 aliphatic heterocycles. The maximum absolute atomic E-state index is 12.2. The molecule has 40 heavy (non-hydrogen) atoms. The molecule has 1 saturated heterocycles. The molecule has 0 amide bonds. The number of rotatable bonds is 10. The van der Waals surface area contributed by atoms with Crippen LogP contribution in [0.25, 0.3) is 6.08 Å². The van der Waals surface area contributed by atoms with Crippen LogP contribution >= 0.6 is 0 Å². The second-order valence-corrected chi connectivity index (χ2v) is 8.50.